The highest BCUT2D eigenvalue weighted by Crippen LogP contribution is 2.15. The van der Waals surface area contributed by atoms with Gasteiger partial charge in [0, 0.05) is 12.3 Å². The number of hydrogen-bond donors (Lipinski definition) is 1. The average Bonchev–Trinajstić information content (AvgIpc) is 2.19. The Bertz CT molecular complexity index is 390. The summed E-state index contributed by atoms with van der Waals surface area (Å²) in [7, 11) is 0. The normalized spacial score (nSPS) is 12.2. The molecule has 0 aliphatic carbocycles. The lowest BCUT2D eigenvalue weighted by molar-refractivity contribution is 0.0950. The van der Waals surface area contributed by atoms with Crippen molar-refractivity contribution in [1.29, 1.82) is 5.41 Å². The summed E-state index contributed by atoms with van der Waals surface area (Å²) in [6.45, 7) is 1.73. The lowest BCUT2D eigenvalue weighted by Gasteiger charge is -2.08. The van der Waals surface area contributed by atoms with Crippen molar-refractivity contribution in [3.8, 4) is 0 Å². The Labute approximate surface area is 86.4 Å². The molecule has 1 rings (SSSR count). The number of halogens is 2. The van der Waals surface area contributed by atoms with E-state index in [4.69, 9.17) is 5.41 Å². The van der Waals surface area contributed by atoms with Crippen molar-refractivity contribution in [3.63, 3.8) is 0 Å². The molecule has 0 fully saturated rings. The molecule has 0 aliphatic rings. The summed E-state index contributed by atoms with van der Waals surface area (Å²) in [6.07, 6.45) is 1.41. The zero-order chi connectivity index (χ0) is 11.4. The molecule has 15 heavy (non-hydrogen) atoms. The second-order valence-corrected chi connectivity index (χ2v) is 3.17. The fourth-order valence-electron chi connectivity index (χ4n) is 1.27. The van der Waals surface area contributed by atoms with Crippen LogP contribution in [0.1, 0.15) is 23.7 Å². The summed E-state index contributed by atoms with van der Waals surface area (Å²) in [4.78, 5) is 11.6. The Morgan fingerprint density at radius 2 is 2.20 bits per heavy atom. The predicted molar refractivity (Wildman–Crippen MR) is 53.3 cm³/mol. The van der Waals surface area contributed by atoms with Crippen LogP contribution in [0, 0.1) is 23.0 Å². The van der Waals surface area contributed by atoms with Crippen molar-refractivity contribution in [3.05, 3.63) is 35.4 Å². The van der Waals surface area contributed by atoms with Gasteiger partial charge < -0.3 is 5.41 Å². The van der Waals surface area contributed by atoms with Crippen LogP contribution < -0.4 is 0 Å². The zero-order valence-corrected chi connectivity index (χ0v) is 8.26. The number of carbonyl (C=O) groups is 1. The molecule has 0 spiro atoms. The third kappa shape index (κ3) is 2.46. The fourth-order valence-corrected chi connectivity index (χ4v) is 1.27. The molecule has 1 aromatic carbocycles. The van der Waals surface area contributed by atoms with Crippen molar-refractivity contribution in [2.24, 2.45) is 5.92 Å². The van der Waals surface area contributed by atoms with E-state index in [1.807, 2.05) is 0 Å². The minimum absolute atomic E-state index is 0.160. The second-order valence-electron chi connectivity index (χ2n) is 3.17. The Kier molecular flexibility index (Phi) is 3.66. The smallest absolute Gasteiger partial charge is 0.174 e. The van der Waals surface area contributed by atoms with Crippen LogP contribution in [0.15, 0.2) is 18.2 Å². The maximum atomic E-state index is 13.2. The van der Waals surface area contributed by atoms with E-state index in [1.165, 1.54) is 0 Å². The molecular weight excluding hydrogens is 200 g/mol. The van der Waals surface area contributed by atoms with Gasteiger partial charge >= 0.3 is 0 Å². The van der Waals surface area contributed by atoms with Gasteiger partial charge in [-0.15, -0.1) is 0 Å². The van der Waals surface area contributed by atoms with Gasteiger partial charge in [0.2, 0.25) is 0 Å². The molecule has 0 saturated heterocycles. The molecule has 4 heteroatoms. The van der Waals surface area contributed by atoms with Gasteiger partial charge in [-0.2, -0.15) is 0 Å². The quantitative estimate of drug-likeness (QED) is 0.603. The highest BCUT2D eigenvalue weighted by molar-refractivity contribution is 6.05. The van der Waals surface area contributed by atoms with E-state index in [9.17, 15) is 13.6 Å². The number of ketones is 1. The summed E-state index contributed by atoms with van der Waals surface area (Å²) in [5.74, 6) is -2.71. The van der Waals surface area contributed by atoms with Gasteiger partial charge in [-0.1, -0.05) is 6.92 Å². The highest BCUT2D eigenvalue weighted by atomic mass is 19.1. The Balaban J connectivity index is 3.05. The minimum Gasteiger partial charge on any atom is -0.312 e. The predicted octanol–water partition coefficient (Wildman–Crippen LogP) is 2.82. The summed E-state index contributed by atoms with van der Waals surface area (Å²) in [6, 6.07) is 2.82. The van der Waals surface area contributed by atoms with Crippen LogP contribution in [0.4, 0.5) is 8.78 Å². The number of nitrogens with one attached hydrogen (secondary N) is 1. The summed E-state index contributed by atoms with van der Waals surface area (Å²) in [5.41, 5.74) is -0.160. The molecule has 2 nitrogen and oxygen atoms in total. The largest absolute Gasteiger partial charge is 0.312 e. The topological polar surface area (TPSA) is 40.9 Å². The monoisotopic (exact) mass is 211 g/mol. The van der Waals surface area contributed by atoms with Crippen LogP contribution in [-0.4, -0.2) is 12.0 Å². The first kappa shape index (κ1) is 11.5. The van der Waals surface area contributed by atoms with Crippen LogP contribution in [0.3, 0.4) is 0 Å². The Hall–Kier alpha value is -1.58. The SMILES string of the molecule is CCC(C=N)C(=O)c1ccc(F)cc1F. The van der Waals surface area contributed by atoms with Crippen molar-refractivity contribution in [2.75, 3.05) is 0 Å². The van der Waals surface area contributed by atoms with Gasteiger partial charge in [0.1, 0.15) is 11.6 Å². The lowest BCUT2D eigenvalue weighted by atomic mass is 9.96. The number of carbonyl (C=O) groups excluding carboxylic acids is 1. The van der Waals surface area contributed by atoms with Gasteiger partial charge in [0.15, 0.2) is 5.78 Å². The third-order valence-electron chi connectivity index (χ3n) is 2.17. The van der Waals surface area contributed by atoms with Gasteiger partial charge in [-0.25, -0.2) is 8.78 Å². The zero-order valence-electron chi connectivity index (χ0n) is 8.26. The molecule has 0 bridgehead atoms. The van der Waals surface area contributed by atoms with Crippen molar-refractivity contribution in [2.45, 2.75) is 13.3 Å². The molecule has 1 atom stereocenters. The van der Waals surface area contributed by atoms with Crippen LogP contribution in [0.5, 0.6) is 0 Å². The third-order valence-corrected chi connectivity index (χ3v) is 2.17. The molecule has 0 aliphatic heterocycles. The maximum absolute atomic E-state index is 13.2. The number of benzene rings is 1. The van der Waals surface area contributed by atoms with Crippen molar-refractivity contribution >= 4 is 12.0 Å². The highest BCUT2D eigenvalue weighted by Gasteiger charge is 2.19. The van der Waals surface area contributed by atoms with Crippen LogP contribution in [0.2, 0.25) is 0 Å². The summed E-state index contributed by atoms with van der Waals surface area (Å²) >= 11 is 0. The molecule has 1 aromatic rings. The molecule has 1 unspecified atom stereocenters. The van der Waals surface area contributed by atoms with Gasteiger partial charge in [-0.05, 0) is 18.6 Å². The summed E-state index contributed by atoms with van der Waals surface area (Å²) < 4.78 is 25.8. The van der Waals surface area contributed by atoms with Crippen molar-refractivity contribution < 1.29 is 13.6 Å². The maximum Gasteiger partial charge on any atom is 0.174 e. The molecule has 0 radical (unpaired) electrons. The Morgan fingerprint density at radius 1 is 1.53 bits per heavy atom. The van der Waals surface area contributed by atoms with Crippen LogP contribution in [0.25, 0.3) is 0 Å². The van der Waals surface area contributed by atoms with E-state index in [0.29, 0.717) is 12.5 Å². The fraction of sp³-hybridized carbons (Fsp3) is 0.273. The first-order valence-corrected chi connectivity index (χ1v) is 4.60. The van der Waals surface area contributed by atoms with Gasteiger partial charge in [0.25, 0.3) is 0 Å². The number of hydrogen-bond acceptors (Lipinski definition) is 2. The van der Waals surface area contributed by atoms with Crippen LogP contribution in [-0.2, 0) is 0 Å². The first-order chi connectivity index (χ1) is 7.10. The van der Waals surface area contributed by atoms with E-state index >= 15 is 0 Å². The standard InChI is InChI=1S/C11H11F2NO/c1-2-7(6-14)11(15)9-4-3-8(12)5-10(9)13/h3-7,14H,2H2,1H3. The molecule has 0 heterocycles. The number of Topliss-reactive ketones (excluding diaryl/α,β-unsaturated/α-hetero) is 1. The van der Waals surface area contributed by atoms with E-state index in [-0.39, 0.29) is 5.56 Å². The van der Waals surface area contributed by atoms with E-state index in [0.717, 1.165) is 18.3 Å². The second kappa shape index (κ2) is 4.77. The molecular formula is C11H11F2NO. The first-order valence-electron chi connectivity index (χ1n) is 4.60. The Morgan fingerprint density at radius 3 is 2.67 bits per heavy atom. The molecule has 1 N–H and O–H groups in total. The molecule has 0 amide bonds. The number of rotatable bonds is 4. The van der Waals surface area contributed by atoms with Crippen molar-refractivity contribution in [1.82, 2.24) is 0 Å². The molecule has 0 saturated carbocycles. The van der Waals surface area contributed by atoms with E-state index in [1.54, 1.807) is 6.92 Å². The van der Waals surface area contributed by atoms with E-state index in [2.05, 4.69) is 0 Å². The van der Waals surface area contributed by atoms with Gasteiger partial charge in [-0.3, -0.25) is 4.79 Å². The summed E-state index contributed by atoms with van der Waals surface area (Å²) in [5, 5.41) is 7.01. The minimum atomic E-state index is -0.875. The molecule has 0 aromatic heterocycles. The van der Waals surface area contributed by atoms with E-state index < -0.39 is 23.3 Å². The molecule has 80 valence electrons. The van der Waals surface area contributed by atoms with Crippen LogP contribution >= 0.6 is 0 Å². The average molecular weight is 211 g/mol. The van der Waals surface area contributed by atoms with Gasteiger partial charge in [0.05, 0.1) is 11.5 Å². The lowest BCUT2D eigenvalue weighted by Crippen LogP contribution is -2.16.